The van der Waals surface area contributed by atoms with Gasteiger partial charge in [-0.3, -0.25) is 19.7 Å². The molecule has 0 aliphatic carbocycles. The Hall–Kier alpha value is -5.69. The van der Waals surface area contributed by atoms with Crippen LogP contribution >= 0.6 is 0 Å². The third-order valence-corrected chi connectivity index (χ3v) is 6.57. The van der Waals surface area contributed by atoms with Crippen LogP contribution in [0.25, 0.3) is 11.1 Å². The van der Waals surface area contributed by atoms with E-state index in [-0.39, 0.29) is 28.2 Å². The molecule has 0 bridgehead atoms. The number of benzene rings is 5. The van der Waals surface area contributed by atoms with Gasteiger partial charge in [0.05, 0.1) is 10.5 Å². The van der Waals surface area contributed by atoms with Crippen molar-refractivity contribution in [2.75, 3.05) is 0 Å². The van der Waals surface area contributed by atoms with Crippen LogP contribution in [-0.4, -0.2) is 22.5 Å². The normalized spacial score (nSPS) is 11.3. The molecule has 7 heteroatoms. The molecule has 0 amide bonds. The minimum absolute atomic E-state index is 0.00240. The average Bonchev–Trinajstić information content (AvgIpc) is 3.04. The Morgan fingerprint density at radius 3 is 1.73 bits per heavy atom. The van der Waals surface area contributed by atoms with E-state index in [0.717, 1.165) is 11.1 Å². The fourth-order valence-corrected chi connectivity index (χ4v) is 4.43. The van der Waals surface area contributed by atoms with Crippen molar-refractivity contribution in [1.82, 2.24) is 0 Å². The lowest BCUT2D eigenvalue weighted by atomic mass is 9.96. The Labute approximate surface area is 235 Å². The molecule has 0 fully saturated rings. The van der Waals surface area contributed by atoms with Gasteiger partial charge < -0.3 is 4.74 Å². The Morgan fingerprint density at radius 2 is 1.12 bits per heavy atom. The summed E-state index contributed by atoms with van der Waals surface area (Å²) in [4.78, 5) is 51.0. The van der Waals surface area contributed by atoms with Gasteiger partial charge in [-0.1, -0.05) is 103 Å². The molecule has 7 nitrogen and oxygen atoms in total. The average molecular weight is 542 g/mol. The van der Waals surface area contributed by atoms with Gasteiger partial charge in [-0.2, -0.15) is 0 Å². The van der Waals surface area contributed by atoms with Gasteiger partial charge in [0, 0.05) is 34.4 Å². The van der Waals surface area contributed by atoms with Crippen LogP contribution in [0.3, 0.4) is 0 Å². The molecule has 200 valence electrons. The highest BCUT2D eigenvalue weighted by molar-refractivity contribution is 6.15. The van der Waals surface area contributed by atoms with E-state index in [9.17, 15) is 24.5 Å². The highest BCUT2D eigenvalue weighted by Gasteiger charge is 2.29. The summed E-state index contributed by atoms with van der Waals surface area (Å²) in [7, 11) is 0. The van der Waals surface area contributed by atoms with Crippen molar-refractivity contribution in [1.29, 1.82) is 0 Å². The second kappa shape index (κ2) is 12.0. The van der Waals surface area contributed by atoms with Gasteiger partial charge in [0.25, 0.3) is 5.69 Å². The molecule has 0 heterocycles. The lowest BCUT2D eigenvalue weighted by Gasteiger charge is -2.18. The van der Waals surface area contributed by atoms with Crippen LogP contribution in [0.5, 0.6) is 0 Å². The molecule has 0 aliphatic rings. The highest BCUT2D eigenvalue weighted by Crippen LogP contribution is 2.28. The van der Waals surface area contributed by atoms with E-state index >= 15 is 0 Å². The van der Waals surface area contributed by atoms with Gasteiger partial charge in [-0.15, -0.1) is 0 Å². The minimum Gasteiger partial charge on any atom is -0.445 e. The number of nitrogens with zero attached hydrogens (tertiary/aromatic N) is 1. The van der Waals surface area contributed by atoms with Crippen LogP contribution in [-0.2, 0) is 4.74 Å². The molecule has 0 radical (unpaired) electrons. The molecule has 5 aromatic rings. The number of non-ortho nitro benzene ring substituents is 1. The summed E-state index contributed by atoms with van der Waals surface area (Å²) in [6.45, 7) is 0. The Kier molecular flexibility index (Phi) is 7.88. The van der Waals surface area contributed by atoms with E-state index < -0.39 is 22.8 Å². The number of Topliss-reactive ketones (excluding diaryl/α,β-unsaturated/α-hetero) is 1. The maximum absolute atomic E-state index is 13.5. The molecule has 5 rings (SSSR count). The van der Waals surface area contributed by atoms with Gasteiger partial charge in [0.2, 0.25) is 5.78 Å². The number of rotatable bonds is 9. The Bertz CT molecular complexity index is 1710. The van der Waals surface area contributed by atoms with Crippen molar-refractivity contribution in [2.24, 2.45) is 0 Å². The number of nitro groups is 1. The summed E-state index contributed by atoms with van der Waals surface area (Å²) in [5, 5.41) is 11.1. The molecule has 0 aliphatic heterocycles. The summed E-state index contributed by atoms with van der Waals surface area (Å²) < 4.78 is 5.73. The molecule has 0 unspecified atom stereocenters. The fraction of sp³-hybridized carbons (Fsp3) is 0.0294. The second-order valence-electron chi connectivity index (χ2n) is 9.18. The number of esters is 1. The topological polar surface area (TPSA) is 104 Å². The first-order valence-electron chi connectivity index (χ1n) is 12.8. The number of ether oxygens (including phenoxy) is 1. The quantitative estimate of drug-likeness (QED) is 0.0841. The van der Waals surface area contributed by atoms with Crippen LogP contribution in [0.2, 0.25) is 0 Å². The van der Waals surface area contributed by atoms with Crippen molar-refractivity contribution in [3.8, 4) is 11.1 Å². The predicted octanol–water partition coefficient (Wildman–Crippen LogP) is 7.27. The number of nitro benzene ring substituents is 1. The van der Waals surface area contributed by atoms with Crippen LogP contribution in [0.1, 0.15) is 48.3 Å². The first kappa shape index (κ1) is 26.9. The molecule has 5 aromatic carbocycles. The number of ketones is 2. The van der Waals surface area contributed by atoms with E-state index in [1.807, 2.05) is 42.5 Å². The van der Waals surface area contributed by atoms with Crippen LogP contribution in [0.4, 0.5) is 5.69 Å². The zero-order valence-electron chi connectivity index (χ0n) is 21.7. The zero-order chi connectivity index (χ0) is 28.8. The van der Waals surface area contributed by atoms with Crippen LogP contribution in [0.15, 0.2) is 133 Å². The summed E-state index contributed by atoms with van der Waals surface area (Å²) in [6.07, 6.45) is -1.39. The predicted molar refractivity (Wildman–Crippen MR) is 154 cm³/mol. The molecule has 1 atom stereocenters. The smallest absolute Gasteiger partial charge is 0.339 e. The number of hydrogen-bond donors (Lipinski definition) is 0. The maximum atomic E-state index is 13.5. The maximum Gasteiger partial charge on any atom is 0.339 e. The van der Waals surface area contributed by atoms with E-state index in [2.05, 4.69) is 0 Å². The summed E-state index contributed by atoms with van der Waals surface area (Å²) in [5.41, 5.74) is 2.86. The third kappa shape index (κ3) is 5.99. The summed E-state index contributed by atoms with van der Waals surface area (Å²) >= 11 is 0. The van der Waals surface area contributed by atoms with Crippen molar-refractivity contribution in [3.63, 3.8) is 0 Å². The number of carbonyl (C=O) groups excluding carboxylic acids is 3. The highest BCUT2D eigenvalue weighted by atomic mass is 16.6. The van der Waals surface area contributed by atoms with Gasteiger partial charge in [0.15, 0.2) is 11.9 Å². The molecule has 0 saturated carbocycles. The third-order valence-electron chi connectivity index (χ3n) is 6.57. The minimum atomic E-state index is -1.39. The zero-order valence-corrected chi connectivity index (χ0v) is 21.7. The molecule has 41 heavy (non-hydrogen) atoms. The second-order valence-corrected chi connectivity index (χ2v) is 9.18. The van der Waals surface area contributed by atoms with Gasteiger partial charge in [-0.25, -0.2) is 4.79 Å². The molecular weight excluding hydrogens is 518 g/mol. The summed E-state index contributed by atoms with van der Waals surface area (Å²) in [5.74, 6) is -1.76. The Balaban J connectivity index is 1.45. The van der Waals surface area contributed by atoms with E-state index in [0.29, 0.717) is 11.1 Å². The standard InChI is InChI=1S/C34H23NO6/c36-31(26-17-15-24(16-18-26)23-9-3-1-4-10-23)29-13-7-8-14-30(29)34(38)41-33(32(37)25-11-5-2-6-12-25)27-19-21-28(22-20-27)35(39)40/h1-22,33H/t33-/m0/s1. The monoisotopic (exact) mass is 541 g/mol. The SMILES string of the molecule is O=C(O[C@H](C(=O)c1ccccc1)c1ccc([N+](=O)[O-])cc1)c1ccccc1C(=O)c1ccc(-c2ccccc2)cc1. The molecule has 0 N–H and O–H groups in total. The van der Waals surface area contributed by atoms with Crippen molar-refractivity contribution in [3.05, 3.63) is 171 Å². The Morgan fingerprint density at radius 1 is 0.585 bits per heavy atom. The molecular formula is C34H23NO6. The van der Waals surface area contributed by atoms with E-state index in [4.69, 9.17) is 4.74 Å². The molecule has 0 spiro atoms. The first-order chi connectivity index (χ1) is 19.9. The van der Waals surface area contributed by atoms with Gasteiger partial charge in [-0.05, 0) is 29.3 Å². The van der Waals surface area contributed by atoms with Crippen LogP contribution in [0, 0.1) is 10.1 Å². The largest absolute Gasteiger partial charge is 0.445 e. The lowest BCUT2D eigenvalue weighted by molar-refractivity contribution is -0.384. The van der Waals surface area contributed by atoms with Gasteiger partial charge >= 0.3 is 5.97 Å². The lowest BCUT2D eigenvalue weighted by Crippen LogP contribution is -2.22. The van der Waals surface area contributed by atoms with Gasteiger partial charge in [0.1, 0.15) is 0 Å². The first-order valence-corrected chi connectivity index (χ1v) is 12.8. The fourth-order valence-electron chi connectivity index (χ4n) is 4.43. The number of hydrogen-bond acceptors (Lipinski definition) is 6. The van der Waals surface area contributed by atoms with E-state index in [1.54, 1.807) is 54.6 Å². The van der Waals surface area contributed by atoms with E-state index in [1.165, 1.54) is 36.4 Å². The van der Waals surface area contributed by atoms with Crippen molar-refractivity contribution < 1.29 is 24.0 Å². The number of carbonyl (C=O) groups is 3. The molecule has 0 aromatic heterocycles. The van der Waals surface area contributed by atoms with Crippen molar-refractivity contribution >= 4 is 23.2 Å². The molecule has 0 saturated heterocycles. The van der Waals surface area contributed by atoms with Crippen LogP contribution < -0.4 is 0 Å². The van der Waals surface area contributed by atoms with Crippen molar-refractivity contribution in [2.45, 2.75) is 6.10 Å². The summed E-state index contributed by atoms with van der Waals surface area (Å²) in [6, 6.07) is 36.6.